The molecule has 3 atom stereocenters. The molecule has 1 saturated carbocycles. The molecular weight excluding hydrogens is 234 g/mol. The normalized spacial score (nSPS) is 26.2. The summed E-state index contributed by atoms with van der Waals surface area (Å²) in [7, 11) is 1.62. The Bertz CT molecular complexity index is 203. The van der Waals surface area contributed by atoms with Crippen LogP contribution >= 0.6 is 0 Å². The first-order chi connectivity index (χ1) is 8.72. The second-order valence-corrected chi connectivity index (χ2v) is 5.07. The molecule has 0 saturated heterocycles. The fourth-order valence-corrected chi connectivity index (χ4v) is 2.32. The SMILES string of the molecule is COCCOCC(O)CNCC1CCCC(O)C1. The molecule has 0 radical (unpaired) electrons. The van der Waals surface area contributed by atoms with Crippen molar-refractivity contribution in [2.24, 2.45) is 5.92 Å². The second-order valence-electron chi connectivity index (χ2n) is 5.07. The van der Waals surface area contributed by atoms with E-state index >= 15 is 0 Å². The predicted octanol–water partition coefficient (Wildman–Crippen LogP) is 0.151. The van der Waals surface area contributed by atoms with Crippen LogP contribution in [0.3, 0.4) is 0 Å². The highest BCUT2D eigenvalue weighted by Crippen LogP contribution is 2.23. The largest absolute Gasteiger partial charge is 0.393 e. The summed E-state index contributed by atoms with van der Waals surface area (Å²) in [5.41, 5.74) is 0. The summed E-state index contributed by atoms with van der Waals surface area (Å²) in [5.74, 6) is 0.537. The van der Waals surface area contributed by atoms with E-state index in [1.807, 2.05) is 0 Å². The highest BCUT2D eigenvalue weighted by Gasteiger charge is 2.19. The zero-order chi connectivity index (χ0) is 13.2. The molecule has 5 heteroatoms. The third-order valence-electron chi connectivity index (χ3n) is 3.31. The molecule has 1 rings (SSSR count). The Morgan fingerprint density at radius 2 is 2.17 bits per heavy atom. The number of hydrogen-bond acceptors (Lipinski definition) is 5. The third-order valence-corrected chi connectivity index (χ3v) is 3.31. The monoisotopic (exact) mass is 261 g/mol. The first kappa shape index (κ1) is 15.9. The number of aliphatic hydroxyl groups excluding tert-OH is 2. The van der Waals surface area contributed by atoms with Gasteiger partial charge in [-0.1, -0.05) is 6.42 Å². The number of aliphatic hydroxyl groups is 2. The number of ether oxygens (including phenoxy) is 2. The zero-order valence-corrected chi connectivity index (χ0v) is 11.3. The van der Waals surface area contributed by atoms with Gasteiger partial charge in [-0.3, -0.25) is 0 Å². The lowest BCUT2D eigenvalue weighted by atomic mass is 9.87. The van der Waals surface area contributed by atoms with Gasteiger partial charge < -0.3 is 25.0 Å². The van der Waals surface area contributed by atoms with Crippen molar-refractivity contribution in [1.82, 2.24) is 5.32 Å². The molecule has 0 amide bonds. The van der Waals surface area contributed by atoms with Gasteiger partial charge in [-0.25, -0.2) is 0 Å². The van der Waals surface area contributed by atoms with E-state index in [0.29, 0.717) is 32.3 Å². The predicted molar refractivity (Wildman–Crippen MR) is 69.5 cm³/mol. The van der Waals surface area contributed by atoms with Gasteiger partial charge in [0.1, 0.15) is 0 Å². The first-order valence-electron chi connectivity index (χ1n) is 6.86. The van der Waals surface area contributed by atoms with E-state index in [-0.39, 0.29) is 6.10 Å². The Kier molecular flexibility index (Phi) is 8.54. The Labute approximate surface area is 109 Å². The van der Waals surface area contributed by atoms with E-state index in [1.165, 1.54) is 6.42 Å². The Morgan fingerprint density at radius 1 is 1.33 bits per heavy atom. The summed E-state index contributed by atoms with van der Waals surface area (Å²) in [5, 5.41) is 22.4. The second kappa shape index (κ2) is 9.69. The Hall–Kier alpha value is -0.200. The van der Waals surface area contributed by atoms with Crippen molar-refractivity contribution in [3.05, 3.63) is 0 Å². The van der Waals surface area contributed by atoms with Crippen LogP contribution in [-0.2, 0) is 9.47 Å². The van der Waals surface area contributed by atoms with Gasteiger partial charge in [-0.2, -0.15) is 0 Å². The van der Waals surface area contributed by atoms with Crippen molar-refractivity contribution in [3.63, 3.8) is 0 Å². The molecule has 108 valence electrons. The summed E-state index contributed by atoms with van der Waals surface area (Å²) >= 11 is 0. The quantitative estimate of drug-likeness (QED) is 0.515. The Balaban J connectivity index is 1.95. The van der Waals surface area contributed by atoms with Crippen LogP contribution in [0.2, 0.25) is 0 Å². The minimum atomic E-state index is -0.477. The fraction of sp³-hybridized carbons (Fsp3) is 1.00. The van der Waals surface area contributed by atoms with Crippen LogP contribution in [0.25, 0.3) is 0 Å². The van der Waals surface area contributed by atoms with Crippen LogP contribution in [0, 0.1) is 5.92 Å². The number of hydrogen-bond donors (Lipinski definition) is 3. The maximum Gasteiger partial charge on any atom is 0.0897 e. The lowest BCUT2D eigenvalue weighted by Crippen LogP contribution is -2.35. The van der Waals surface area contributed by atoms with Gasteiger partial charge in [0.25, 0.3) is 0 Å². The molecule has 0 aliphatic heterocycles. The summed E-state index contributed by atoms with van der Waals surface area (Å²) in [4.78, 5) is 0. The fourth-order valence-electron chi connectivity index (χ4n) is 2.32. The molecule has 0 bridgehead atoms. The molecule has 0 aromatic rings. The van der Waals surface area contributed by atoms with E-state index in [0.717, 1.165) is 25.8 Å². The van der Waals surface area contributed by atoms with Gasteiger partial charge in [0.15, 0.2) is 0 Å². The lowest BCUT2D eigenvalue weighted by Gasteiger charge is -2.26. The van der Waals surface area contributed by atoms with E-state index < -0.39 is 6.10 Å². The van der Waals surface area contributed by atoms with E-state index in [1.54, 1.807) is 7.11 Å². The topological polar surface area (TPSA) is 71.0 Å². The summed E-state index contributed by atoms with van der Waals surface area (Å²) < 4.78 is 10.1. The molecule has 3 N–H and O–H groups in total. The van der Waals surface area contributed by atoms with Gasteiger partial charge in [-0.15, -0.1) is 0 Å². The van der Waals surface area contributed by atoms with Crippen molar-refractivity contribution in [1.29, 1.82) is 0 Å². The van der Waals surface area contributed by atoms with Crippen LogP contribution in [0.5, 0.6) is 0 Å². The molecule has 5 nitrogen and oxygen atoms in total. The zero-order valence-electron chi connectivity index (χ0n) is 11.3. The molecule has 18 heavy (non-hydrogen) atoms. The summed E-state index contributed by atoms with van der Waals surface area (Å²) in [6, 6.07) is 0. The molecule has 1 aliphatic rings. The van der Waals surface area contributed by atoms with Gasteiger partial charge >= 0.3 is 0 Å². The van der Waals surface area contributed by atoms with Crippen molar-refractivity contribution < 1.29 is 19.7 Å². The third kappa shape index (κ3) is 7.28. The van der Waals surface area contributed by atoms with E-state index in [9.17, 15) is 10.2 Å². The molecular formula is C13H27NO4. The molecule has 0 spiro atoms. The number of nitrogens with one attached hydrogen (secondary N) is 1. The van der Waals surface area contributed by atoms with Crippen LogP contribution in [-0.4, -0.2) is 62.4 Å². The standard InChI is InChI=1S/C13H27NO4/c1-17-5-6-18-10-13(16)9-14-8-11-3-2-4-12(15)7-11/h11-16H,2-10H2,1H3. The lowest BCUT2D eigenvalue weighted by molar-refractivity contribution is 0.0130. The van der Waals surface area contributed by atoms with Crippen molar-refractivity contribution in [2.75, 3.05) is 40.0 Å². The average molecular weight is 261 g/mol. The molecule has 1 aliphatic carbocycles. The highest BCUT2D eigenvalue weighted by molar-refractivity contribution is 4.74. The molecule has 0 heterocycles. The van der Waals surface area contributed by atoms with Crippen molar-refractivity contribution >= 4 is 0 Å². The maximum absolute atomic E-state index is 9.65. The molecule has 1 fully saturated rings. The molecule has 3 unspecified atom stereocenters. The van der Waals surface area contributed by atoms with Crippen LogP contribution in [0.15, 0.2) is 0 Å². The van der Waals surface area contributed by atoms with E-state index in [2.05, 4.69) is 5.32 Å². The molecule has 0 aromatic carbocycles. The van der Waals surface area contributed by atoms with Crippen molar-refractivity contribution in [3.8, 4) is 0 Å². The van der Waals surface area contributed by atoms with Gasteiger partial charge in [0.05, 0.1) is 32.0 Å². The molecule has 0 aromatic heterocycles. The minimum Gasteiger partial charge on any atom is -0.393 e. The smallest absolute Gasteiger partial charge is 0.0897 e. The highest BCUT2D eigenvalue weighted by atomic mass is 16.5. The average Bonchev–Trinajstić information content (AvgIpc) is 2.35. The Morgan fingerprint density at radius 3 is 2.89 bits per heavy atom. The van der Waals surface area contributed by atoms with Gasteiger partial charge in [0.2, 0.25) is 0 Å². The maximum atomic E-state index is 9.65. The minimum absolute atomic E-state index is 0.132. The van der Waals surface area contributed by atoms with Crippen LogP contribution in [0.1, 0.15) is 25.7 Å². The number of methoxy groups -OCH3 is 1. The summed E-state index contributed by atoms with van der Waals surface area (Å²) in [6.45, 7) is 2.82. The van der Waals surface area contributed by atoms with Crippen molar-refractivity contribution in [2.45, 2.75) is 37.9 Å². The van der Waals surface area contributed by atoms with E-state index in [4.69, 9.17) is 9.47 Å². The summed E-state index contributed by atoms with van der Waals surface area (Å²) in [6.07, 6.45) is 3.49. The van der Waals surface area contributed by atoms with Crippen LogP contribution < -0.4 is 5.32 Å². The number of rotatable bonds is 9. The van der Waals surface area contributed by atoms with Gasteiger partial charge in [0, 0.05) is 13.7 Å². The first-order valence-corrected chi connectivity index (χ1v) is 6.86. The van der Waals surface area contributed by atoms with Gasteiger partial charge in [-0.05, 0) is 31.7 Å². The van der Waals surface area contributed by atoms with Crippen LogP contribution in [0.4, 0.5) is 0 Å².